The number of nitrogens with zero attached hydrogens (tertiary/aromatic N) is 1. The molecule has 1 aliphatic heterocycles. The molecule has 8 nitrogen and oxygen atoms in total. The summed E-state index contributed by atoms with van der Waals surface area (Å²) in [6.07, 6.45) is 5.73. The highest BCUT2D eigenvalue weighted by Gasteiger charge is 2.30. The van der Waals surface area contributed by atoms with Crippen molar-refractivity contribution in [3.05, 3.63) is 26.3 Å². The monoisotopic (exact) mass is 438 g/mol. The third kappa shape index (κ3) is 5.50. The number of aliphatic hydroxyl groups is 1. The Morgan fingerprint density at radius 1 is 1.37 bits per heavy atom. The molecule has 0 bridgehead atoms. The highest BCUT2D eigenvalue weighted by molar-refractivity contribution is 7.71. The van der Waals surface area contributed by atoms with Crippen LogP contribution in [0.1, 0.15) is 44.8 Å². The van der Waals surface area contributed by atoms with E-state index in [4.69, 9.17) is 37.6 Å². The van der Waals surface area contributed by atoms with Crippen LogP contribution in [0.5, 0.6) is 0 Å². The highest BCUT2D eigenvalue weighted by atomic mass is 35.5. The maximum Gasteiger partial charge on any atom is 0.319 e. The minimum Gasteiger partial charge on any atom is -0.396 e. The van der Waals surface area contributed by atoms with Crippen molar-refractivity contribution in [3.8, 4) is 0 Å². The van der Waals surface area contributed by atoms with Crippen molar-refractivity contribution < 1.29 is 23.5 Å². The Morgan fingerprint density at radius 3 is 2.93 bits per heavy atom. The molecular weight excluding hydrogens is 415 g/mol. The summed E-state index contributed by atoms with van der Waals surface area (Å²) >= 11 is 11.0. The normalized spacial score (nSPS) is 29.7. The van der Waals surface area contributed by atoms with E-state index in [1.807, 2.05) is 0 Å². The van der Waals surface area contributed by atoms with Crippen LogP contribution in [0.15, 0.2) is 11.0 Å². The smallest absolute Gasteiger partial charge is 0.319 e. The van der Waals surface area contributed by atoms with Crippen molar-refractivity contribution >= 4 is 32.1 Å². The Labute approximate surface area is 167 Å². The molecular formula is C16H24ClN2O6PS. The third-order valence-electron chi connectivity index (χ3n) is 5.03. The molecule has 0 amide bonds. The molecule has 1 aromatic rings. The van der Waals surface area contributed by atoms with Crippen molar-refractivity contribution in [2.24, 2.45) is 5.92 Å². The van der Waals surface area contributed by atoms with Gasteiger partial charge in [0, 0.05) is 18.7 Å². The summed E-state index contributed by atoms with van der Waals surface area (Å²) in [7, 11) is -2.66. The summed E-state index contributed by atoms with van der Waals surface area (Å²) in [5.41, 5.74) is -0.435. The van der Waals surface area contributed by atoms with Crippen LogP contribution in [0, 0.1) is 10.7 Å². The molecule has 2 aliphatic rings. The fourth-order valence-electron chi connectivity index (χ4n) is 3.54. The van der Waals surface area contributed by atoms with Crippen LogP contribution in [0.4, 0.5) is 0 Å². The average molecular weight is 439 g/mol. The van der Waals surface area contributed by atoms with E-state index in [2.05, 4.69) is 4.98 Å². The first-order valence-electron chi connectivity index (χ1n) is 9.08. The topological polar surface area (TPSA) is 103 Å². The molecule has 2 fully saturated rings. The van der Waals surface area contributed by atoms with Gasteiger partial charge >= 0.3 is 8.25 Å². The van der Waals surface area contributed by atoms with E-state index in [1.54, 1.807) is 4.57 Å². The molecule has 0 spiro atoms. The standard InChI is InChI=1S/C16H24ClN2O6PS/c17-12-7-19(16(27)18-15(12)21)14-6-5-11(24-14)9-23-26(22)25-13-4-2-1-3-10(13)8-20/h7,10-11,13-14,20,26H,1-6,8-9H2,(H,18,21,27)/t10?,11-,13?,14+/m0/s1. The molecule has 27 heavy (non-hydrogen) atoms. The first kappa shape index (κ1) is 21.2. The van der Waals surface area contributed by atoms with E-state index in [0.717, 1.165) is 25.7 Å². The van der Waals surface area contributed by atoms with Gasteiger partial charge in [0.1, 0.15) is 11.3 Å². The van der Waals surface area contributed by atoms with E-state index >= 15 is 0 Å². The molecule has 1 saturated carbocycles. The molecule has 5 atom stereocenters. The molecule has 2 N–H and O–H groups in total. The number of ether oxygens (including phenoxy) is 1. The van der Waals surface area contributed by atoms with Gasteiger partial charge < -0.3 is 18.9 Å². The molecule has 11 heteroatoms. The van der Waals surface area contributed by atoms with Gasteiger partial charge in [-0.3, -0.25) is 18.9 Å². The molecule has 1 aliphatic carbocycles. The molecule has 1 aromatic heterocycles. The van der Waals surface area contributed by atoms with Crippen LogP contribution >= 0.6 is 32.1 Å². The number of nitrogens with one attached hydrogen (secondary N) is 1. The van der Waals surface area contributed by atoms with Crippen molar-refractivity contribution in [3.63, 3.8) is 0 Å². The fourth-order valence-corrected chi connectivity index (χ4v) is 4.91. The van der Waals surface area contributed by atoms with E-state index in [-0.39, 0.29) is 47.4 Å². The quantitative estimate of drug-likeness (QED) is 0.497. The van der Waals surface area contributed by atoms with Gasteiger partial charge in [-0.15, -0.1) is 0 Å². The summed E-state index contributed by atoms with van der Waals surface area (Å²) in [6.45, 7) is 0.185. The number of hydrogen-bond acceptors (Lipinski definition) is 7. The van der Waals surface area contributed by atoms with Crippen LogP contribution in [-0.4, -0.2) is 40.1 Å². The van der Waals surface area contributed by atoms with E-state index in [9.17, 15) is 14.5 Å². The Balaban J connectivity index is 1.49. The fraction of sp³-hybridized carbons (Fsp3) is 0.750. The van der Waals surface area contributed by atoms with Gasteiger partial charge in [0.05, 0.1) is 18.8 Å². The second kappa shape index (κ2) is 9.78. The predicted molar refractivity (Wildman–Crippen MR) is 103 cm³/mol. The minimum absolute atomic E-state index is 0.0234. The lowest BCUT2D eigenvalue weighted by Crippen LogP contribution is -2.28. The number of H-pyrrole nitrogens is 1. The molecule has 152 valence electrons. The van der Waals surface area contributed by atoms with Crippen LogP contribution in [0.25, 0.3) is 0 Å². The summed E-state index contributed by atoms with van der Waals surface area (Å²) < 4.78 is 30.8. The highest BCUT2D eigenvalue weighted by Crippen LogP contribution is 2.37. The number of rotatable bonds is 7. The second-order valence-corrected chi connectivity index (χ2v) is 8.70. The van der Waals surface area contributed by atoms with E-state index in [0.29, 0.717) is 12.8 Å². The zero-order chi connectivity index (χ0) is 19.4. The van der Waals surface area contributed by atoms with Crippen LogP contribution in [0.3, 0.4) is 0 Å². The van der Waals surface area contributed by atoms with Gasteiger partial charge in [-0.1, -0.05) is 24.4 Å². The number of aromatic nitrogens is 2. The lowest BCUT2D eigenvalue weighted by atomic mass is 9.87. The van der Waals surface area contributed by atoms with E-state index in [1.165, 1.54) is 6.20 Å². The molecule has 1 saturated heterocycles. The molecule has 2 heterocycles. The maximum atomic E-state index is 12.1. The van der Waals surface area contributed by atoms with Gasteiger partial charge in [0.2, 0.25) is 0 Å². The SMILES string of the molecule is O=c1[nH]c(=S)n([C@H]2CC[C@@H](CO[PH](=O)OC3CCCCC3CO)O2)cc1Cl. The van der Waals surface area contributed by atoms with Gasteiger partial charge in [-0.2, -0.15) is 0 Å². The Morgan fingerprint density at radius 2 is 2.15 bits per heavy atom. The summed E-state index contributed by atoms with van der Waals surface area (Å²) in [6, 6.07) is 0. The molecule has 3 rings (SSSR count). The lowest BCUT2D eigenvalue weighted by molar-refractivity contribution is -0.0235. The summed E-state index contributed by atoms with van der Waals surface area (Å²) in [5.74, 6) is 0.0234. The molecule has 0 radical (unpaired) electrons. The van der Waals surface area contributed by atoms with Crippen molar-refractivity contribution in [2.75, 3.05) is 13.2 Å². The van der Waals surface area contributed by atoms with Gasteiger partial charge in [-0.05, 0) is 37.9 Å². The van der Waals surface area contributed by atoms with Crippen LogP contribution in [-0.2, 0) is 18.3 Å². The Bertz CT molecular complexity index is 787. The molecule has 3 unspecified atom stereocenters. The van der Waals surface area contributed by atoms with Crippen LogP contribution in [0.2, 0.25) is 5.02 Å². The Hall–Kier alpha value is -0.540. The minimum atomic E-state index is -2.66. The van der Waals surface area contributed by atoms with Gasteiger partial charge in [0.15, 0.2) is 4.77 Å². The van der Waals surface area contributed by atoms with Gasteiger partial charge in [0.25, 0.3) is 5.56 Å². The zero-order valence-electron chi connectivity index (χ0n) is 14.8. The van der Waals surface area contributed by atoms with Crippen LogP contribution < -0.4 is 5.56 Å². The predicted octanol–water partition coefficient (Wildman–Crippen LogP) is 3.21. The van der Waals surface area contributed by atoms with E-state index < -0.39 is 13.8 Å². The average Bonchev–Trinajstić information content (AvgIpc) is 3.12. The number of aromatic amines is 1. The lowest BCUT2D eigenvalue weighted by Gasteiger charge is -2.29. The number of hydrogen-bond donors (Lipinski definition) is 2. The maximum absolute atomic E-state index is 12.1. The first-order valence-corrected chi connectivity index (χ1v) is 11.1. The van der Waals surface area contributed by atoms with Crippen molar-refractivity contribution in [1.82, 2.24) is 9.55 Å². The molecule has 0 aromatic carbocycles. The van der Waals surface area contributed by atoms with Gasteiger partial charge in [-0.25, -0.2) is 0 Å². The van der Waals surface area contributed by atoms with Crippen molar-refractivity contribution in [2.45, 2.75) is 57.0 Å². The van der Waals surface area contributed by atoms with Crippen molar-refractivity contribution in [1.29, 1.82) is 0 Å². The zero-order valence-corrected chi connectivity index (χ0v) is 17.3. The first-order chi connectivity index (χ1) is 13.0. The Kier molecular flexibility index (Phi) is 7.67. The second-order valence-electron chi connectivity index (χ2n) is 6.88. The largest absolute Gasteiger partial charge is 0.396 e. The number of aliphatic hydroxyl groups excluding tert-OH is 1. The summed E-state index contributed by atoms with van der Waals surface area (Å²) in [5, 5.41) is 9.44. The number of halogens is 1. The summed E-state index contributed by atoms with van der Waals surface area (Å²) in [4.78, 5) is 14.0. The third-order valence-corrected chi connectivity index (χ3v) is 6.51.